The molecule has 1 fully saturated rings. The van der Waals surface area contributed by atoms with Crippen molar-refractivity contribution in [2.45, 2.75) is 34.0 Å². The first-order valence-electron chi connectivity index (χ1n) is 8.32. The Hall–Kier alpha value is -2.14. The maximum atomic E-state index is 12.4. The summed E-state index contributed by atoms with van der Waals surface area (Å²) in [5, 5.41) is 0. The van der Waals surface area contributed by atoms with Crippen molar-refractivity contribution < 1.29 is 23.8 Å². The molecule has 0 aliphatic heterocycles. The summed E-state index contributed by atoms with van der Waals surface area (Å²) in [6.45, 7) is 6.76. The van der Waals surface area contributed by atoms with Crippen LogP contribution in [-0.2, 0) is 37.0 Å². The number of carbonyl (C=O) groups is 2. The monoisotopic (exact) mass is 346 g/mol. The van der Waals surface area contributed by atoms with Gasteiger partial charge in [-0.15, -0.1) is 0 Å². The highest BCUT2D eigenvalue weighted by molar-refractivity contribution is 5.83. The first kappa shape index (κ1) is 19.2. The van der Waals surface area contributed by atoms with Gasteiger partial charge in [-0.3, -0.25) is 4.79 Å². The second kappa shape index (κ2) is 7.83. The van der Waals surface area contributed by atoms with Crippen molar-refractivity contribution >= 4 is 11.9 Å². The summed E-state index contributed by atoms with van der Waals surface area (Å²) >= 11 is 0. The molecular formula is C20H26O5. The highest BCUT2D eigenvalue weighted by Gasteiger charge is 2.61. The Morgan fingerprint density at radius 2 is 1.80 bits per heavy atom. The second-order valence-electron chi connectivity index (χ2n) is 6.95. The largest absolute Gasteiger partial charge is 0.466 e. The number of hydrogen-bond acceptors (Lipinski definition) is 5. The highest BCUT2D eigenvalue weighted by atomic mass is 16.5. The Labute approximate surface area is 149 Å². The van der Waals surface area contributed by atoms with E-state index in [0.717, 1.165) is 16.7 Å². The summed E-state index contributed by atoms with van der Waals surface area (Å²) in [4.78, 5) is 23.7. The van der Waals surface area contributed by atoms with E-state index in [9.17, 15) is 9.59 Å². The molecule has 0 amide bonds. The van der Waals surface area contributed by atoms with Crippen LogP contribution in [0.5, 0.6) is 0 Å². The molecular weight excluding hydrogens is 320 g/mol. The Kier molecular flexibility index (Phi) is 6.01. The molecule has 136 valence electrons. The van der Waals surface area contributed by atoms with E-state index in [1.165, 1.54) is 13.2 Å². The minimum atomic E-state index is -0.416. The van der Waals surface area contributed by atoms with Crippen LogP contribution in [0.25, 0.3) is 0 Å². The fourth-order valence-electron chi connectivity index (χ4n) is 3.18. The van der Waals surface area contributed by atoms with Gasteiger partial charge in [0.05, 0.1) is 19.6 Å². The van der Waals surface area contributed by atoms with Crippen molar-refractivity contribution in [3.63, 3.8) is 0 Å². The number of allylic oxidation sites excluding steroid dienone is 1. The third kappa shape index (κ3) is 4.28. The van der Waals surface area contributed by atoms with Crippen molar-refractivity contribution in [3.8, 4) is 0 Å². The van der Waals surface area contributed by atoms with Gasteiger partial charge < -0.3 is 14.2 Å². The Balaban J connectivity index is 1.98. The zero-order chi connectivity index (χ0) is 18.6. The van der Waals surface area contributed by atoms with Crippen LogP contribution in [0.2, 0.25) is 0 Å². The van der Waals surface area contributed by atoms with Crippen LogP contribution in [0.4, 0.5) is 0 Å². The van der Waals surface area contributed by atoms with Gasteiger partial charge in [-0.2, -0.15) is 0 Å². The molecule has 0 saturated heterocycles. The van der Waals surface area contributed by atoms with Gasteiger partial charge in [0.1, 0.15) is 6.61 Å². The molecule has 0 heterocycles. The lowest BCUT2D eigenvalue weighted by Gasteiger charge is -2.11. The molecule has 1 saturated carbocycles. The van der Waals surface area contributed by atoms with Crippen LogP contribution in [0, 0.1) is 24.2 Å². The summed E-state index contributed by atoms with van der Waals surface area (Å²) in [7, 11) is 2.99. The van der Waals surface area contributed by atoms with E-state index in [1.807, 2.05) is 39.0 Å². The average Bonchev–Trinajstić information content (AvgIpc) is 3.14. The molecule has 2 rings (SSSR count). The first-order chi connectivity index (χ1) is 11.8. The van der Waals surface area contributed by atoms with Crippen molar-refractivity contribution in [1.29, 1.82) is 0 Å². The number of hydrogen-bond donors (Lipinski definition) is 0. The van der Waals surface area contributed by atoms with E-state index in [4.69, 9.17) is 9.47 Å². The molecule has 0 unspecified atom stereocenters. The molecule has 1 aliphatic carbocycles. The molecule has 1 aromatic carbocycles. The molecule has 0 N–H and O–H groups in total. The smallest absolute Gasteiger partial charge is 0.330 e. The summed E-state index contributed by atoms with van der Waals surface area (Å²) in [6.07, 6.45) is 3.11. The standard InChI is InChI=1S/C20H26O5/c1-13-14(11-23-4)7-6-8-15(13)12-25-19(22)18-16(20(18,2)3)9-10-17(21)24-5/h6-10,16,18H,11-12H2,1-5H3/b10-9-/t16-,18-/m0/s1. The van der Waals surface area contributed by atoms with Gasteiger partial charge in [0.2, 0.25) is 0 Å². The third-order valence-electron chi connectivity index (χ3n) is 5.03. The van der Waals surface area contributed by atoms with Gasteiger partial charge in [-0.25, -0.2) is 4.79 Å². The molecule has 5 heteroatoms. The minimum absolute atomic E-state index is 0.0139. The number of rotatable bonds is 7. The molecule has 1 aliphatic rings. The minimum Gasteiger partial charge on any atom is -0.466 e. The van der Waals surface area contributed by atoms with E-state index in [0.29, 0.717) is 6.61 Å². The lowest BCUT2D eigenvalue weighted by molar-refractivity contribution is -0.147. The van der Waals surface area contributed by atoms with Crippen LogP contribution >= 0.6 is 0 Å². The van der Waals surface area contributed by atoms with Gasteiger partial charge in [0.15, 0.2) is 0 Å². The molecule has 25 heavy (non-hydrogen) atoms. The van der Waals surface area contributed by atoms with Crippen LogP contribution in [0.1, 0.15) is 30.5 Å². The maximum absolute atomic E-state index is 12.4. The number of esters is 2. The molecule has 2 atom stereocenters. The Morgan fingerprint density at radius 3 is 2.40 bits per heavy atom. The molecule has 0 spiro atoms. The molecule has 5 nitrogen and oxygen atoms in total. The average molecular weight is 346 g/mol. The van der Waals surface area contributed by atoms with Crippen LogP contribution in [0.3, 0.4) is 0 Å². The third-order valence-corrected chi connectivity index (χ3v) is 5.03. The molecule has 0 radical (unpaired) electrons. The molecule has 0 aromatic heterocycles. The number of carbonyl (C=O) groups excluding carboxylic acids is 2. The summed E-state index contributed by atoms with van der Waals surface area (Å²) in [6, 6.07) is 5.89. The van der Waals surface area contributed by atoms with Crippen LogP contribution in [0.15, 0.2) is 30.4 Å². The normalized spacial score (nSPS) is 21.2. The predicted octanol–water partition coefficient (Wildman–Crippen LogP) is 3.19. The quantitative estimate of drug-likeness (QED) is 0.560. The fraction of sp³-hybridized carbons (Fsp3) is 0.500. The van der Waals surface area contributed by atoms with E-state index in [-0.39, 0.29) is 29.8 Å². The van der Waals surface area contributed by atoms with Crippen LogP contribution < -0.4 is 0 Å². The van der Waals surface area contributed by atoms with Crippen molar-refractivity contribution in [3.05, 3.63) is 47.0 Å². The van der Waals surface area contributed by atoms with E-state index >= 15 is 0 Å². The van der Waals surface area contributed by atoms with E-state index in [1.54, 1.807) is 13.2 Å². The Morgan fingerprint density at radius 1 is 1.16 bits per heavy atom. The number of benzene rings is 1. The van der Waals surface area contributed by atoms with E-state index in [2.05, 4.69) is 4.74 Å². The summed E-state index contributed by atoms with van der Waals surface area (Å²) in [5.74, 6) is -0.905. The lowest BCUT2D eigenvalue weighted by atomic mass is 10.0. The van der Waals surface area contributed by atoms with Crippen molar-refractivity contribution in [2.75, 3.05) is 14.2 Å². The zero-order valence-corrected chi connectivity index (χ0v) is 15.5. The maximum Gasteiger partial charge on any atom is 0.330 e. The molecule has 1 aromatic rings. The van der Waals surface area contributed by atoms with Gasteiger partial charge in [-0.05, 0) is 34.9 Å². The predicted molar refractivity (Wildman–Crippen MR) is 93.6 cm³/mol. The summed E-state index contributed by atoms with van der Waals surface area (Å²) < 4.78 is 15.3. The van der Waals surface area contributed by atoms with Crippen molar-refractivity contribution in [2.24, 2.45) is 17.3 Å². The Bertz CT molecular complexity index is 675. The van der Waals surface area contributed by atoms with E-state index < -0.39 is 5.97 Å². The number of ether oxygens (including phenoxy) is 3. The van der Waals surface area contributed by atoms with Gasteiger partial charge in [-0.1, -0.05) is 38.1 Å². The van der Waals surface area contributed by atoms with Crippen LogP contribution in [-0.4, -0.2) is 26.2 Å². The SMILES string of the molecule is COCc1cccc(COC(=O)[C@@H]2[C@H](/C=C\C(=O)OC)C2(C)C)c1C. The van der Waals surface area contributed by atoms with Gasteiger partial charge in [0.25, 0.3) is 0 Å². The summed E-state index contributed by atoms with van der Waals surface area (Å²) in [5.41, 5.74) is 2.92. The lowest BCUT2D eigenvalue weighted by Crippen LogP contribution is -2.11. The zero-order valence-electron chi connectivity index (χ0n) is 15.5. The van der Waals surface area contributed by atoms with Gasteiger partial charge >= 0.3 is 11.9 Å². The first-order valence-corrected chi connectivity index (χ1v) is 8.32. The van der Waals surface area contributed by atoms with Gasteiger partial charge in [0, 0.05) is 13.2 Å². The molecule has 0 bridgehead atoms. The highest BCUT2D eigenvalue weighted by Crippen LogP contribution is 2.59. The fourth-order valence-corrected chi connectivity index (χ4v) is 3.18. The van der Waals surface area contributed by atoms with Crippen molar-refractivity contribution in [1.82, 2.24) is 0 Å². The number of methoxy groups -OCH3 is 2. The second-order valence-corrected chi connectivity index (χ2v) is 6.95. The topological polar surface area (TPSA) is 61.8 Å².